The lowest BCUT2D eigenvalue weighted by Gasteiger charge is -2.24. The van der Waals surface area contributed by atoms with Crippen LogP contribution in [0.1, 0.15) is 42.1 Å². The number of carbonyl (C=O) groups excluding carboxylic acids is 3. The average Bonchev–Trinajstić information content (AvgIpc) is 2.62. The quantitative estimate of drug-likeness (QED) is 0.417. The van der Waals surface area contributed by atoms with E-state index in [1.165, 1.54) is 6.92 Å². The third kappa shape index (κ3) is 4.86. The van der Waals surface area contributed by atoms with E-state index in [4.69, 9.17) is 4.74 Å². The van der Waals surface area contributed by atoms with Gasteiger partial charge in [-0.05, 0) is 19.4 Å². The lowest BCUT2D eigenvalue weighted by Crippen LogP contribution is -2.32. The van der Waals surface area contributed by atoms with Crippen LogP contribution in [0.4, 0.5) is 0 Å². The summed E-state index contributed by atoms with van der Waals surface area (Å²) in [5.74, 6) is -2.52. The van der Waals surface area contributed by atoms with Crippen molar-refractivity contribution in [2.24, 2.45) is 5.92 Å². The van der Waals surface area contributed by atoms with Crippen molar-refractivity contribution in [1.29, 1.82) is 0 Å². The summed E-state index contributed by atoms with van der Waals surface area (Å²) in [4.78, 5) is 37.2. The van der Waals surface area contributed by atoms with E-state index in [0.29, 0.717) is 5.56 Å². The second-order valence-electron chi connectivity index (χ2n) is 5.85. The Labute approximate surface area is 147 Å². The van der Waals surface area contributed by atoms with Gasteiger partial charge in [-0.2, -0.15) is 0 Å². The molecule has 0 N–H and O–H groups in total. The van der Waals surface area contributed by atoms with E-state index in [1.807, 2.05) is 36.4 Å². The maximum atomic E-state index is 12.7. The predicted molar refractivity (Wildman–Crippen MR) is 95.4 cm³/mol. The predicted octanol–water partition coefficient (Wildman–Crippen LogP) is 3.81. The topological polar surface area (TPSA) is 60.4 Å². The van der Waals surface area contributed by atoms with Crippen molar-refractivity contribution in [3.63, 3.8) is 0 Å². The fraction of sp³-hybridized carbons (Fsp3) is 0.286. The molecule has 0 bridgehead atoms. The zero-order valence-corrected chi connectivity index (χ0v) is 14.5. The number of carbonyl (C=O) groups is 3. The van der Waals surface area contributed by atoms with E-state index >= 15 is 0 Å². The van der Waals surface area contributed by atoms with Gasteiger partial charge in [0.1, 0.15) is 11.7 Å². The number of benzene rings is 2. The van der Waals surface area contributed by atoms with Gasteiger partial charge in [0.25, 0.3) is 0 Å². The minimum Gasteiger partial charge on any atom is -0.465 e. The van der Waals surface area contributed by atoms with E-state index < -0.39 is 17.8 Å². The van der Waals surface area contributed by atoms with Crippen molar-refractivity contribution in [3.05, 3.63) is 71.8 Å². The highest BCUT2D eigenvalue weighted by Gasteiger charge is 2.36. The monoisotopic (exact) mass is 338 g/mol. The van der Waals surface area contributed by atoms with Gasteiger partial charge in [0, 0.05) is 17.9 Å². The van der Waals surface area contributed by atoms with Crippen LogP contribution < -0.4 is 0 Å². The van der Waals surface area contributed by atoms with Crippen molar-refractivity contribution >= 4 is 17.5 Å². The molecule has 2 aromatic carbocycles. The maximum Gasteiger partial charge on any atom is 0.317 e. The standard InChI is InChI=1S/C21H22O4/c1-3-25-21(24)20(15(2)22)18(16-10-6-4-7-11-16)14-19(23)17-12-8-5-9-13-17/h4-13,18,20H,3,14H2,1-2H3. The van der Waals surface area contributed by atoms with E-state index in [9.17, 15) is 14.4 Å². The first kappa shape index (κ1) is 18.6. The van der Waals surface area contributed by atoms with Gasteiger partial charge in [0.15, 0.2) is 5.78 Å². The van der Waals surface area contributed by atoms with Gasteiger partial charge in [-0.3, -0.25) is 14.4 Å². The summed E-state index contributed by atoms with van der Waals surface area (Å²) >= 11 is 0. The summed E-state index contributed by atoms with van der Waals surface area (Å²) in [6.45, 7) is 3.25. The number of ketones is 2. The highest BCUT2D eigenvalue weighted by molar-refractivity contribution is 6.01. The van der Waals surface area contributed by atoms with Gasteiger partial charge in [0.2, 0.25) is 0 Å². The van der Waals surface area contributed by atoms with Crippen molar-refractivity contribution in [2.75, 3.05) is 6.61 Å². The summed E-state index contributed by atoms with van der Waals surface area (Å²) < 4.78 is 5.08. The molecule has 0 heterocycles. The molecule has 2 atom stereocenters. The van der Waals surface area contributed by atoms with Gasteiger partial charge < -0.3 is 4.74 Å². The molecule has 0 amide bonds. The molecule has 0 saturated carbocycles. The van der Waals surface area contributed by atoms with Crippen LogP contribution >= 0.6 is 0 Å². The summed E-state index contributed by atoms with van der Waals surface area (Å²) in [5, 5.41) is 0. The Kier molecular flexibility index (Phi) is 6.63. The number of Topliss-reactive ketones (excluding diaryl/α,β-unsaturated/α-hetero) is 2. The maximum absolute atomic E-state index is 12.7. The van der Waals surface area contributed by atoms with Crippen LogP contribution in [0.3, 0.4) is 0 Å². The Morgan fingerprint density at radius 1 is 0.920 bits per heavy atom. The van der Waals surface area contributed by atoms with Gasteiger partial charge in [-0.25, -0.2) is 0 Å². The van der Waals surface area contributed by atoms with Crippen LogP contribution in [0.2, 0.25) is 0 Å². The zero-order valence-electron chi connectivity index (χ0n) is 14.5. The lowest BCUT2D eigenvalue weighted by molar-refractivity contribution is -0.152. The molecule has 2 aromatic rings. The number of hydrogen-bond donors (Lipinski definition) is 0. The van der Waals surface area contributed by atoms with Gasteiger partial charge in [-0.15, -0.1) is 0 Å². The number of hydrogen-bond acceptors (Lipinski definition) is 4. The molecule has 0 aliphatic rings. The molecule has 2 rings (SSSR count). The number of ether oxygens (including phenoxy) is 1. The van der Waals surface area contributed by atoms with E-state index in [0.717, 1.165) is 5.56 Å². The fourth-order valence-corrected chi connectivity index (χ4v) is 2.92. The summed E-state index contributed by atoms with van der Waals surface area (Å²) in [6, 6.07) is 18.1. The molecule has 0 saturated heterocycles. The highest BCUT2D eigenvalue weighted by atomic mass is 16.5. The molecule has 0 aliphatic carbocycles. The molecule has 0 fully saturated rings. The Hall–Kier alpha value is -2.75. The van der Waals surface area contributed by atoms with Crippen LogP contribution in [-0.4, -0.2) is 24.1 Å². The van der Waals surface area contributed by atoms with E-state index in [-0.39, 0.29) is 24.6 Å². The van der Waals surface area contributed by atoms with Crippen molar-refractivity contribution < 1.29 is 19.1 Å². The number of esters is 1. The third-order valence-corrected chi connectivity index (χ3v) is 4.11. The molecule has 2 unspecified atom stereocenters. The summed E-state index contributed by atoms with van der Waals surface area (Å²) in [7, 11) is 0. The zero-order chi connectivity index (χ0) is 18.2. The highest BCUT2D eigenvalue weighted by Crippen LogP contribution is 2.31. The van der Waals surface area contributed by atoms with E-state index in [1.54, 1.807) is 31.2 Å². The van der Waals surface area contributed by atoms with Crippen LogP contribution in [0.5, 0.6) is 0 Å². The van der Waals surface area contributed by atoms with Gasteiger partial charge >= 0.3 is 5.97 Å². The Bertz CT molecular complexity index is 722. The molecule has 25 heavy (non-hydrogen) atoms. The Balaban J connectivity index is 2.37. The van der Waals surface area contributed by atoms with Crippen molar-refractivity contribution in [1.82, 2.24) is 0 Å². The SMILES string of the molecule is CCOC(=O)C(C(C)=O)C(CC(=O)c1ccccc1)c1ccccc1. The van der Waals surface area contributed by atoms with Crippen LogP contribution in [0.15, 0.2) is 60.7 Å². The van der Waals surface area contributed by atoms with Gasteiger partial charge in [-0.1, -0.05) is 60.7 Å². The van der Waals surface area contributed by atoms with Crippen LogP contribution in [0.25, 0.3) is 0 Å². The fourth-order valence-electron chi connectivity index (χ4n) is 2.92. The molecule has 0 spiro atoms. The third-order valence-electron chi connectivity index (χ3n) is 4.11. The molecular formula is C21H22O4. The van der Waals surface area contributed by atoms with Crippen molar-refractivity contribution in [2.45, 2.75) is 26.2 Å². The smallest absolute Gasteiger partial charge is 0.317 e. The van der Waals surface area contributed by atoms with Crippen LogP contribution in [0, 0.1) is 5.92 Å². The first-order valence-electron chi connectivity index (χ1n) is 8.34. The first-order valence-corrected chi connectivity index (χ1v) is 8.34. The second kappa shape index (κ2) is 8.92. The largest absolute Gasteiger partial charge is 0.465 e. The Morgan fingerprint density at radius 3 is 2.00 bits per heavy atom. The van der Waals surface area contributed by atoms with Gasteiger partial charge in [0.05, 0.1) is 6.61 Å². The molecule has 0 radical (unpaired) electrons. The number of rotatable bonds is 8. The summed E-state index contributed by atoms with van der Waals surface area (Å²) in [5.41, 5.74) is 1.34. The summed E-state index contributed by atoms with van der Waals surface area (Å²) in [6.07, 6.45) is 0.0666. The molecular weight excluding hydrogens is 316 g/mol. The second-order valence-corrected chi connectivity index (χ2v) is 5.85. The normalized spacial score (nSPS) is 12.9. The molecule has 130 valence electrons. The van der Waals surface area contributed by atoms with E-state index in [2.05, 4.69) is 0 Å². The Morgan fingerprint density at radius 2 is 1.48 bits per heavy atom. The minimum atomic E-state index is -0.991. The molecule has 0 aliphatic heterocycles. The van der Waals surface area contributed by atoms with Crippen molar-refractivity contribution in [3.8, 4) is 0 Å². The molecule has 4 heteroatoms. The lowest BCUT2D eigenvalue weighted by atomic mass is 9.79. The molecule has 4 nitrogen and oxygen atoms in total. The van der Waals surface area contributed by atoms with Crippen LogP contribution in [-0.2, 0) is 14.3 Å². The minimum absolute atomic E-state index is 0.0666. The first-order chi connectivity index (χ1) is 12.0. The average molecular weight is 338 g/mol. The molecule has 0 aromatic heterocycles.